The summed E-state index contributed by atoms with van der Waals surface area (Å²) in [6.07, 6.45) is 1.41. The quantitative estimate of drug-likeness (QED) is 0.349. The summed E-state index contributed by atoms with van der Waals surface area (Å²) in [5, 5.41) is 6.59. The normalized spacial score (nSPS) is 16.2. The Kier molecular flexibility index (Phi) is 11.3. The average molecular weight is 508 g/mol. The zero-order valence-electron chi connectivity index (χ0n) is 15.8. The van der Waals surface area contributed by atoms with Gasteiger partial charge in [-0.3, -0.25) is 9.20 Å². The molecule has 1 fully saturated rings. The molecule has 27 heavy (non-hydrogen) atoms. The third kappa shape index (κ3) is 8.46. The van der Waals surface area contributed by atoms with E-state index in [4.69, 9.17) is 4.74 Å². The number of carbonyl (C=O) groups is 1. The van der Waals surface area contributed by atoms with Crippen molar-refractivity contribution in [1.82, 2.24) is 15.5 Å². The molecule has 1 aromatic carbocycles. The molecule has 0 aliphatic carbocycles. The highest BCUT2D eigenvalue weighted by Gasteiger charge is 2.23. The molecule has 1 aliphatic rings. The van der Waals surface area contributed by atoms with E-state index in [0.717, 1.165) is 18.4 Å². The molecule has 1 amide bonds. The van der Waals surface area contributed by atoms with E-state index in [0.29, 0.717) is 37.1 Å². The summed E-state index contributed by atoms with van der Waals surface area (Å²) in [7, 11) is 2.21. The highest BCUT2D eigenvalue weighted by molar-refractivity contribution is 14.0. The van der Waals surface area contributed by atoms with E-state index >= 15 is 0 Å². The lowest BCUT2D eigenvalue weighted by molar-refractivity contribution is 0.111. The van der Waals surface area contributed by atoms with Gasteiger partial charge in [-0.1, -0.05) is 30.3 Å². The number of ether oxygens (including phenoxy) is 1. The van der Waals surface area contributed by atoms with E-state index in [1.165, 1.54) is 7.11 Å². The molecule has 7 nitrogen and oxygen atoms in total. The predicted molar refractivity (Wildman–Crippen MR) is 120 cm³/mol. The van der Waals surface area contributed by atoms with Gasteiger partial charge in [0.2, 0.25) is 0 Å². The molecule has 9 heteroatoms. The van der Waals surface area contributed by atoms with Gasteiger partial charge < -0.3 is 20.3 Å². The van der Waals surface area contributed by atoms with Crippen LogP contribution in [0.3, 0.4) is 0 Å². The van der Waals surface area contributed by atoms with Crippen molar-refractivity contribution in [1.29, 1.82) is 0 Å². The van der Waals surface area contributed by atoms with Crippen LogP contribution in [0.15, 0.2) is 35.3 Å². The SMILES string of the molecule is CN=C(NCCS(=O)Cc1ccccc1)NC1CCN(C(=O)OC)CC1.I. The van der Waals surface area contributed by atoms with Crippen molar-refractivity contribution in [2.45, 2.75) is 24.6 Å². The maximum Gasteiger partial charge on any atom is 0.409 e. The van der Waals surface area contributed by atoms with E-state index in [-0.39, 0.29) is 36.1 Å². The van der Waals surface area contributed by atoms with Crippen LogP contribution in [0.1, 0.15) is 18.4 Å². The molecular formula is C18H29IN4O3S. The zero-order valence-corrected chi connectivity index (χ0v) is 19.0. The van der Waals surface area contributed by atoms with Gasteiger partial charge in [0.25, 0.3) is 0 Å². The van der Waals surface area contributed by atoms with Gasteiger partial charge in [-0.05, 0) is 18.4 Å². The van der Waals surface area contributed by atoms with E-state index in [2.05, 4.69) is 15.6 Å². The zero-order chi connectivity index (χ0) is 18.8. The highest BCUT2D eigenvalue weighted by Crippen LogP contribution is 2.11. The highest BCUT2D eigenvalue weighted by atomic mass is 127. The third-order valence-corrected chi connectivity index (χ3v) is 5.60. The van der Waals surface area contributed by atoms with Crippen molar-refractivity contribution in [3.63, 3.8) is 0 Å². The molecule has 0 saturated carbocycles. The minimum absolute atomic E-state index is 0. The molecule has 0 radical (unpaired) electrons. The summed E-state index contributed by atoms with van der Waals surface area (Å²) in [4.78, 5) is 17.4. The molecule has 1 unspecified atom stereocenters. The first kappa shape index (κ1) is 23.7. The first-order chi connectivity index (χ1) is 12.6. The second-order valence-electron chi connectivity index (χ2n) is 6.15. The van der Waals surface area contributed by atoms with Crippen LogP contribution in [-0.2, 0) is 21.3 Å². The lowest BCUT2D eigenvalue weighted by atomic mass is 10.1. The van der Waals surface area contributed by atoms with Gasteiger partial charge >= 0.3 is 6.09 Å². The second kappa shape index (κ2) is 12.9. The number of carbonyl (C=O) groups excluding carboxylic acids is 1. The number of methoxy groups -OCH3 is 1. The Balaban J connectivity index is 0.00000364. The standard InChI is InChI=1S/C18H28N4O3S.HI/c1-19-17(21-16-8-11-22(12-9-16)18(23)25-2)20-10-13-26(24)14-15-6-4-3-5-7-15;/h3-7,16H,8-14H2,1-2H3,(H2,19,20,21);1H. The number of aliphatic imine (C=N–C) groups is 1. The molecule has 2 N–H and O–H groups in total. The first-order valence-corrected chi connectivity index (χ1v) is 10.3. The Bertz CT molecular complexity index is 622. The van der Waals surface area contributed by atoms with E-state index in [9.17, 15) is 9.00 Å². The maximum atomic E-state index is 12.2. The molecule has 1 atom stereocenters. The Morgan fingerprint density at radius 1 is 1.30 bits per heavy atom. The van der Waals surface area contributed by atoms with E-state index < -0.39 is 10.8 Å². The summed E-state index contributed by atoms with van der Waals surface area (Å²) in [5.41, 5.74) is 1.09. The minimum atomic E-state index is -0.911. The maximum absolute atomic E-state index is 12.2. The molecule has 1 aromatic rings. The van der Waals surface area contributed by atoms with E-state index in [1.807, 2.05) is 30.3 Å². The molecule has 0 bridgehead atoms. The Hall–Kier alpha value is -1.36. The van der Waals surface area contributed by atoms with Crippen LogP contribution in [0, 0.1) is 0 Å². The fraction of sp³-hybridized carbons (Fsp3) is 0.556. The molecule has 1 saturated heterocycles. The Morgan fingerprint density at radius 3 is 2.56 bits per heavy atom. The third-order valence-electron chi connectivity index (χ3n) is 4.28. The van der Waals surface area contributed by atoms with Gasteiger partial charge in [0.1, 0.15) is 0 Å². The van der Waals surface area contributed by atoms with Crippen LogP contribution in [-0.4, -0.2) is 66.7 Å². The van der Waals surface area contributed by atoms with E-state index in [1.54, 1.807) is 11.9 Å². The van der Waals surface area contributed by atoms with Crippen LogP contribution < -0.4 is 10.6 Å². The summed E-state index contributed by atoms with van der Waals surface area (Å²) >= 11 is 0. The van der Waals surface area contributed by atoms with Crippen molar-refractivity contribution in [3.8, 4) is 0 Å². The van der Waals surface area contributed by atoms with Gasteiger partial charge in [0.05, 0.1) is 7.11 Å². The number of halogens is 1. The number of amides is 1. The van der Waals surface area contributed by atoms with Crippen LogP contribution >= 0.6 is 24.0 Å². The summed E-state index contributed by atoms with van der Waals surface area (Å²) < 4.78 is 16.9. The smallest absolute Gasteiger partial charge is 0.409 e. The van der Waals surface area contributed by atoms with Crippen molar-refractivity contribution < 1.29 is 13.7 Å². The molecule has 1 aliphatic heterocycles. The lowest BCUT2D eigenvalue weighted by Gasteiger charge is -2.32. The molecule has 152 valence electrons. The van der Waals surface area contributed by atoms with Crippen LogP contribution in [0.4, 0.5) is 4.79 Å². The molecule has 1 heterocycles. The number of rotatable bonds is 6. The van der Waals surface area contributed by atoms with Gasteiger partial charge in [0.15, 0.2) is 5.96 Å². The number of nitrogens with one attached hydrogen (secondary N) is 2. The number of piperidine rings is 1. The van der Waals surface area contributed by atoms with Crippen LogP contribution in [0.2, 0.25) is 0 Å². The predicted octanol–water partition coefficient (Wildman–Crippen LogP) is 1.95. The fourth-order valence-corrected chi connectivity index (χ4v) is 3.88. The summed E-state index contributed by atoms with van der Waals surface area (Å²) in [5.74, 6) is 1.84. The summed E-state index contributed by atoms with van der Waals surface area (Å²) in [6, 6.07) is 10.1. The number of nitrogens with zero attached hydrogens (tertiary/aromatic N) is 2. The number of hydrogen-bond acceptors (Lipinski definition) is 4. The largest absolute Gasteiger partial charge is 0.453 e. The van der Waals surface area contributed by atoms with Gasteiger partial charge in [-0.25, -0.2) is 4.79 Å². The molecule has 0 spiro atoms. The average Bonchev–Trinajstić information content (AvgIpc) is 2.67. The Labute approximate surface area is 180 Å². The first-order valence-electron chi connectivity index (χ1n) is 8.81. The van der Waals surface area contributed by atoms with Crippen molar-refractivity contribution in [3.05, 3.63) is 35.9 Å². The second-order valence-corrected chi connectivity index (χ2v) is 7.73. The topological polar surface area (TPSA) is 83.0 Å². The van der Waals surface area contributed by atoms with Gasteiger partial charge in [-0.15, -0.1) is 24.0 Å². The Morgan fingerprint density at radius 2 is 1.96 bits per heavy atom. The van der Waals surface area contributed by atoms with Gasteiger partial charge in [0, 0.05) is 55.0 Å². The van der Waals surface area contributed by atoms with Crippen molar-refractivity contribution >= 4 is 46.8 Å². The minimum Gasteiger partial charge on any atom is -0.453 e. The number of benzene rings is 1. The van der Waals surface area contributed by atoms with Crippen molar-refractivity contribution in [2.75, 3.05) is 39.5 Å². The van der Waals surface area contributed by atoms with Crippen molar-refractivity contribution in [2.24, 2.45) is 4.99 Å². The van der Waals surface area contributed by atoms with Crippen LogP contribution in [0.25, 0.3) is 0 Å². The monoisotopic (exact) mass is 508 g/mol. The molecule has 2 rings (SSSR count). The number of hydrogen-bond donors (Lipinski definition) is 2. The summed E-state index contributed by atoms with van der Waals surface area (Å²) in [6.45, 7) is 1.94. The molecule has 0 aromatic heterocycles. The number of likely N-dealkylation sites (tertiary alicyclic amines) is 1. The van der Waals surface area contributed by atoms with Gasteiger partial charge in [-0.2, -0.15) is 0 Å². The molecular weight excluding hydrogens is 479 g/mol. The van der Waals surface area contributed by atoms with Crippen LogP contribution in [0.5, 0.6) is 0 Å². The number of guanidine groups is 1. The lowest BCUT2D eigenvalue weighted by Crippen LogP contribution is -2.50. The fourth-order valence-electron chi connectivity index (χ4n) is 2.84.